The molecule has 0 bridgehead atoms. The van der Waals surface area contributed by atoms with Gasteiger partial charge in [-0.1, -0.05) is 15.9 Å². The monoisotopic (exact) mass is 262 g/mol. The minimum atomic E-state index is 0.0398. The number of benzene rings is 1. The second-order valence-corrected chi connectivity index (χ2v) is 4.16. The SMILES string of the molecule is COc1cc(Br)c(CO)cc1SC. The Labute approximate surface area is 90.4 Å². The van der Waals surface area contributed by atoms with Crippen LogP contribution in [0.3, 0.4) is 0 Å². The van der Waals surface area contributed by atoms with Crippen LogP contribution >= 0.6 is 27.7 Å². The summed E-state index contributed by atoms with van der Waals surface area (Å²) in [6, 6.07) is 3.80. The summed E-state index contributed by atoms with van der Waals surface area (Å²) in [5, 5.41) is 9.02. The first-order chi connectivity index (χ1) is 6.22. The van der Waals surface area contributed by atoms with Crippen molar-refractivity contribution < 1.29 is 9.84 Å². The zero-order valence-electron chi connectivity index (χ0n) is 7.50. The Kier molecular flexibility index (Phi) is 4.09. The summed E-state index contributed by atoms with van der Waals surface area (Å²) >= 11 is 4.96. The highest BCUT2D eigenvalue weighted by Gasteiger charge is 2.06. The van der Waals surface area contributed by atoms with E-state index in [0.717, 1.165) is 20.7 Å². The topological polar surface area (TPSA) is 29.5 Å². The number of methoxy groups -OCH3 is 1. The fourth-order valence-electron chi connectivity index (χ4n) is 1.02. The van der Waals surface area contributed by atoms with Crippen LogP contribution in [0.4, 0.5) is 0 Å². The highest BCUT2D eigenvalue weighted by Crippen LogP contribution is 2.33. The summed E-state index contributed by atoms with van der Waals surface area (Å²) in [5.41, 5.74) is 0.880. The molecule has 0 aliphatic carbocycles. The lowest BCUT2D eigenvalue weighted by molar-refractivity contribution is 0.280. The quantitative estimate of drug-likeness (QED) is 0.850. The number of aliphatic hydroxyl groups excluding tert-OH is 1. The first-order valence-electron chi connectivity index (χ1n) is 3.74. The van der Waals surface area contributed by atoms with Crippen molar-refractivity contribution in [2.45, 2.75) is 11.5 Å². The number of hydrogen-bond donors (Lipinski definition) is 1. The number of thioether (sulfide) groups is 1. The first kappa shape index (κ1) is 10.9. The van der Waals surface area contributed by atoms with Crippen LogP contribution < -0.4 is 4.74 Å². The number of ether oxygens (including phenoxy) is 1. The average molecular weight is 263 g/mol. The molecular formula is C9H11BrO2S. The van der Waals surface area contributed by atoms with Crippen molar-refractivity contribution >= 4 is 27.7 Å². The van der Waals surface area contributed by atoms with Gasteiger partial charge in [0.1, 0.15) is 5.75 Å². The Morgan fingerprint density at radius 3 is 2.69 bits per heavy atom. The van der Waals surface area contributed by atoms with Crippen LogP contribution in [0.25, 0.3) is 0 Å². The normalized spacial score (nSPS) is 10.2. The second kappa shape index (κ2) is 4.88. The lowest BCUT2D eigenvalue weighted by atomic mass is 10.2. The summed E-state index contributed by atoms with van der Waals surface area (Å²) in [4.78, 5) is 1.04. The van der Waals surface area contributed by atoms with Crippen molar-refractivity contribution in [2.24, 2.45) is 0 Å². The molecule has 0 radical (unpaired) electrons. The van der Waals surface area contributed by atoms with Crippen LogP contribution in [0.1, 0.15) is 5.56 Å². The molecule has 2 nitrogen and oxygen atoms in total. The molecule has 72 valence electrons. The van der Waals surface area contributed by atoms with Gasteiger partial charge >= 0.3 is 0 Å². The van der Waals surface area contributed by atoms with Crippen LogP contribution in [0.2, 0.25) is 0 Å². The third kappa shape index (κ3) is 2.39. The van der Waals surface area contributed by atoms with Gasteiger partial charge in [-0.05, 0) is 24.0 Å². The summed E-state index contributed by atoms with van der Waals surface area (Å²) in [5.74, 6) is 0.830. The highest BCUT2D eigenvalue weighted by molar-refractivity contribution is 9.10. The van der Waals surface area contributed by atoms with Gasteiger partial charge in [-0.15, -0.1) is 11.8 Å². The molecule has 0 aromatic heterocycles. The van der Waals surface area contributed by atoms with E-state index in [1.165, 1.54) is 0 Å². The molecular weight excluding hydrogens is 252 g/mol. The molecule has 1 N–H and O–H groups in total. The van der Waals surface area contributed by atoms with Gasteiger partial charge in [-0.2, -0.15) is 0 Å². The second-order valence-electron chi connectivity index (χ2n) is 2.46. The lowest BCUT2D eigenvalue weighted by Crippen LogP contribution is -1.91. The Morgan fingerprint density at radius 2 is 2.23 bits per heavy atom. The van der Waals surface area contributed by atoms with Crippen molar-refractivity contribution in [3.8, 4) is 5.75 Å². The van der Waals surface area contributed by atoms with Crippen molar-refractivity contribution in [3.63, 3.8) is 0 Å². The number of halogens is 1. The van der Waals surface area contributed by atoms with Gasteiger partial charge in [0, 0.05) is 9.37 Å². The molecule has 0 aliphatic rings. The minimum Gasteiger partial charge on any atom is -0.496 e. The number of hydrogen-bond acceptors (Lipinski definition) is 3. The molecule has 0 amide bonds. The third-order valence-electron chi connectivity index (χ3n) is 1.72. The molecule has 13 heavy (non-hydrogen) atoms. The standard InChI is InChI=1S/C9H11BrO2S/c1-12-8-4-7(10)6(5-11)3-9(8)13-2/h3-4,11H,5H2,1-2H3. The molecule has 1 aromatic carbocycles. The molecule has 0 unspecified atom stereocenters. The summed E-state index contributed by atoms with van der Waals surface area (Å²) in [7, 11) is 1.64. The summed E-state index contributed by atoms with van der Waals surface area (Å²) in [6.45, 7) is 0.0398. The molecule has 0 heterocycles. The Bertz CT molecular complexity index is 302. The van der Waals surface area contributed by atoms with Gasteiger partial charge in [0.2, 0.25) is 0 Å². The van der Waals surface area contributed by atoms with Crippen molar-refractivity contribution in [3.05, 3.63) is 22.2 Å². The van der Waals surface area contributed by atoms with E-state index in [2.05, 4.69) is 15.9 Å². The largest absolute Gasteiger partial charge is 0.496 e. The predicted molar refractivity (Wildman–Crippen MR) is 58.4 cm³/mol. The van der Waals surface area contributed by atoms with Crippen molar-refractivity contribution in [1.29, 1.82) is 0 Å². The van der Waals surface area contributed by atoms with Gasteiger partial charge in [-0.3, -0.25) is 0 Å². The Hall–Kier alpha value is -0.190. The maximum atomic E-state index is 9.02. The van der Waals surface area contributed by atoms with Crippen molar-refractivity contribution in [2.75, 3.05) is 13.4 Å². The van der Waals surface area contributed by atoms with E-state index in [0.29, 0.717) is 0 Å². The maximum Gasteiger partial charge on any atom is 0.133 e. The van der Waals surface area contributed by atoms with Crippen LogP contribution in [0.5, 0.6) is 5.75 Å². The van der Waals surface area contributed by atoms with E-state index in [1.807, 2.05) is 18.4 Å². The summed E-state index contributed by atoms with van der Waals surface area (Å²) < 4.78 is 6.06. The molecule has 4 heteroatoms. The minimum absolute atomic E-state index is 0.0398. The fourth-order valence-corrected chi connectivity index (χ4v) is 2.07. The fraction of sp³-hybridized carbons (Fsp3) is 0.333. The maximum absolute atomic E-state index is 9.02. The van der Waals surface area contributed by atoms with Crippen LogP contribution in [0.15, 0.2) is 21.5 Å². The van der Waals surface area contributed by atoms with Gasteiger partial charge in [0.15, 0.2) is 0 Å². The molecule has 0 saturated carbocycles. The molecule has 0 saturated heterocycles. The molecule has 1 aromatic rings. The van der Waals surface area contributed by atoms with Gasteiger partial charge in [0.05, 0.1) is 13.7 Å². The van der Waals surface area contributed by atoms with Crippen LogP contribution in [-0.4, -0.2) is 18.5 Å². The lowest BCUT2D eigenvalue weighted by Gasteiger charge is -2.09. The van der Waals surface area contributed by atoms with E-state index in [4.69, 9.17) is 9.84 Å². The van der Waals surface area contributed by atoms with Crippen LogP contribution in [0, 0.1) is 0 Å². The third-order valence-corrected chi connectivity index (χ3v) is 3.22. The molecule has 1 rings (SSSR count). The van der Waals surface area contributed by atoms with E-state index in [9.17, 15) is 0 Å². The molecule has 0 atom stereocenters. The Balaban J connectivity index is 3.18. The van der Waals surface area contributed by atoms with Crippen molar-refractivity contribution in [1.82, 2.24) is 0 Å². The van der Waals surface area contributed by atoms with E-state index >= 15 is 0 Å². The summed E-state index contributed by atoms with van der Waals surface area (Å²) in [6.07, 6.45) is 1.98. The van der Waals surface area contributed by atoms with E-state index in [1.54, 1.807) is 18.9 Å². The van der Waals surface area contributed by atoms with Crippen LogP contribution in [-0.2, 0) is 6.61 Å². The number of rotatable bonds is 3. The van der Waals surface area contributed by atoms with Gasteiger partial charge in [-0.25, -0.2) is 0 Å². The number of aliphatic hydroxyl groups is 1. The smallest absolute Gasteiger partial charge is 0.133 e. The zero-order chi connectivity index (χ0) is 9.84. The van der Waals surface area contributed by atoms with Gasteiger partial charge < -0.3 is 9.84 Å². The predicted octanol–water partition coefficient (Wildman–Crippen LogP) is 2.67. The van der Waals surface area contributed by atoms with E-state index < -0.39 is 0 Å². The van der Waals surface area contributed by atoms with Gasteiger partial charge in [0.25, 0.3) is 0 Å². The average Bonchev–Trinajstić information content (AvgIpc) is 2.17. The molecule has 0 aliphatic heterocycles. The molecule has 0 fully saturated rings. The zero-order valence-corrected chi connectivity index (χ0v) is 9.91. The first-order valence-corrected chi connectivity index (χ1v) is 5.76. The van der Waals surface area contributed by atoms with E-state index in [-0.39, 0.29) is 6.61 Å². The molecule has 0 spiro atoms. The highest BCUT2D eigenvalue weighted by atomic mass is 79.9. The Morgan fingerprint density at radius 1 is 1.54 bits per heavy atom.